The number of nitrogens with two attached hydrogens (primary N) is 1. The highest BCUT2D eigenvalue weighted by Crippen LogP contribution is 2.25. The molecule has 0 saturated carbocycles. The van der Waals surface area contributed by atoms with E-state index in [0.717, 1.165) is 0 Å². The molecule has 0 aliphatic rings. The number of aromatic nitrogens is 2. The molecular formula is C8H9Cl2N3O2S. The Morgan fingerprint density at radius 2 is 2.06 bits per heavy atom. The second kappa shape index (κ2) is 4.21. The molecule has 1 aromatic heterocycles. The van der Waals surface area contributed by atoms with E-state index in [1.807, 2.05) is 0 Å². The van der Waals surface area contributed by atoms with Crippen LogP contribution in [0.25, 0.3) is 11.0 Å². The van der Waals surface area contributed by atoms with E-state index in [2.05, 4.69) is 9.97 Å². The van der Waals surface area contributed by atoms with Crippen molar-refractivity contribution in [2.75, 3.05) is 0 Å². The van der Waals surface area contributed by atoms with Gasteiger partial charge in [-0.15, -0.1) is 12.4 Å². The minimum Gasteiger partial charge on any atom is -0.342 e. The monoisotopic (exact) mass is 281 g/mol. The molecule has 8 heteroatoms. The number of sulfonamides is 1. The fourth-order valence-electron chi connectivity index (χ4n) is 1.36. The molecule has 2 rings (SSSR count). The van der Waals surface area contributed by atoms with Crippen molar-refractivity contribution in [2.45, 2.75) is 11.8 Å². The third kappa shape index (κ3) is 2.30. The van der Waals surface area contributed by atoms with Crippen molar-refractivity contribution in [3.05, 3.63) is 23.0 Å². The summed E-state index contributed by atoms with van der Waals surface area (Å²) < 4.78 is 22.3. The van der Waals surface area contributed by atoms with Crippen LogP contribution in [-0.4, -0.2) is 18.4 Å². The van der Waals surface area contributed by atoms with E-state index in [9.17, 15) is 8.42 Å². The number of hydrogen-bond acceptors (Lipinski definition) is 3. The number of aromatic amines is 1. The number of benzene rings is 1. The smallest absolute Gasteiger partial charge is 0.239 e. The van der Waals surface area contributed by atoms with Gasteiger partial charge in [0, 0.05) is 0 Å². The lowest BCUT2D eigenvalue weighted by Crippen LogP contribution is -2.12. The van der Waals surface area contributed by atoms with Crippen LogP contribution in [0, 0.1) is 6.92 Å². The van der Waals surface area contributed by atoms with E-state index in [-0.39, 0.29) is 22.3 Å². The number of primary sulfonamides is 1. The summed E-state index contributed by atoms with van der Waals surface area (Å²) in [5.74, 6) is 0.688. The van der Waals surface area contributed by atoms with E-state index < -0.39 is 10.0 Å². The topological polar surface area (TPSA) is 88.8 Å². The van der Waals surface area contributed by atoms with Crippen molar-refractivity contribution in [1.82, 2.24) is 9.97 Å². The van der Waals surface area contributed by atoms with Gasteiger partial charge in [0.25, 0.3) is 0 Å². The molecule has 2 aromatic rings. The van der Waals surface area contributed by atoms with Crippen LogP contribution in [0.5, 0.6) is 0 Å². The maximum atomic E-state index is 11.2. The summed E-state index contributed by atoms with van der Waals surface area (Å²) in [7, 11) is -3.80. The van der Waals surface area contributed by atoms with Gasteiger partial charge in [0.05, 0.1) is 16.1 Å². The van der Waals surface area contributed by atoms with Gasteiger partial charge < -0.3 is 4.98 Å². The highest BCUT2D eigenvalue weighted by atomic mass is 35.5. The Morgan fingerprint density at radius 1 is 1.44 bits per heavy atom. The number of nitrogens with one attached hydrogen (secondary N) is 1. The van der Waals surface area contributed by atoms with Crippen LogP contribution in [0.3, 0.4) is 0 Å². The minimum atomic E-state index is -3.80. The molecule has 0 radical (unpaired) electrons. The number of H-pyrrole nitrogens is 1. The molecule has 0 bridgehead atoms. The third-order valence-electron chi connectivity index (χ3n) is 1.96. The van der Waals surface area contributed by atoms with Crippen LogP contribution in [0.1, 0.15) is 5.82 Å². The first kappa shape index (κ1) is 13.2. The van der Waals surface area contributed by atoms with Crippen molar-refractivity contribution in [3.63, 3.8) is 0 Å². The SMILES string of the molecule is Cc1nc2cc(Cl)c(S(N)(=O)=O)cc2[nH]1.Cl. The predicted octanol–water partition coefficient (Wildman–Crippen LogP) is 1.59. The van der Waals surface area contributed by atoms with Gasteiger partial charge in [-0.25, -0.2) is 18.5 Å². The normalized spacial score (nSPS) is 11.4. The standard InChI is InChI=1S/C8H8ClN3O2S.ClH/c1-4-11-6-2-5(9)8(15(10,13)14)3-7(6)12-4;/h2-3H,1H3,(H,11,12)(H2,10,13,14);1H. The molecule has 1 heterocycles. The van der Waals surface area contributed by atoms with Gasteiger partial charge in [0.2, 0.25) is 10.0 Å². The number of halogens is 2. The molecule has 16 heavy (non-hydrogen) atoms. The van der Waals surface area contributed by atoms with Crippen molar-refractivity contribution < 1.29 is 8.42 Å². The highest BCUT2D eigenvalue weighted by molar-refractivity contribution is 7.89. The largest absolute Gasteiger partial charge is 0.342 e. The molecule has 3 N–H and O–H groups in total. The Balaban J connectivity index is 0.00000128. The molecule has 0 fully saturated rings. The Bertz CT molecular complexity index is 636. The summed E-state index contributed by atoms with van der Waals surface area (Å²) in [5.41, 5.74) is 1.21. The van der Waals surface area contributed by atoms with Gasteiger partial charge in [-0.2, -0.15) is 0 Å². The molecule has 0 spiro atoms. The summed E-state index contributed by atoms with van der Waals surface area (Å²) in [6, 6.07) is 2.85. The molecular weight excluding hydrogens is 273 g/mol. The van der Waals surface area contributed by atoms with Gasteiger partial charge in [-0.3, -0.25) is 0 Å². The number of rotatable bonds is 1. The van der Waals surface area contributed by atoms with Crippen molar-refractivity contribution in [3.8, 4) is 0 Å². The van der Waals surface area contributed by atoms with Crippen LogP contribution >= 0.6 is 24.0 Å². The molecule has 0 amide bonds. The average molecular weight is 282 g/mol. The van der Waals surface area contributed by atoms with Gasteiger partial charge in [0.1, 0.15) is 10.7 Å². The first-order valence-electron chi connectivity index (χ1n) is 4.06. The second-order valence-electron chi connectivity index (χ2n) is 3.17. The molecule has 5 nitrogen and oxygen atoms in total. The minimum absolute atomic E-state index is 0. The zero-order chi connectivity index (χ0) is 11.2. The highest BCUT2D eigenvalue weighted by Gasteiger charge is 2.15. The zero-order valence-corrected chi connectivity index (χ0v) is 10.6. The molecule has 1 aromatic carbocycles. The average Bonchev–Trinajstić information content (AvgIpc) is 2.40. The van der Waals surface area contributed by atoms with Gasteiger partial charge >= 0.3 is 0 Å². The fourth-order valence-corrected chi connectivity index (χ4v) is 2.45. The Morgan fingerprint density at radius 3 is 2.62 bits per heavy atom. The van der Waals surface area contributed by atoms with Crippen LogP contribution in [0.4, 0.5) is 0 Å². The molecule has 88 valence electrons. The van der Waals surface area contributed by atoms with Crippen LogP contribution < -0.4 is 5.14 Å². The van der Waals surface area contributed by atoms with Crippen molar-refractivity contribution >= 4 is 45.1 Å². The predicted molar refractivity (Wildman–Crippen MR) is 64.5 cm³/mol. The molecule has 0 unspecified atom stereocenters. The summed E-state index contributed by atoms with van der Waals surface area (Å²) >= 11 is 5.78. The Labute approximate surface area is 103 Å². The number of nitrogens with zero attached hydrogens (tertiary/aromatic N) is 1. The molecule has 0 aliphatic carbocycles. The van der Waals surface area contributed by atoms with Gasteiger partial charge in [-0.1, -0.05) is 11.6 Å². The summed E-state index contributed by atoms with van der Waals surface area (Å²) in [4.78, 5) is 6.93. The lowest BCUT2D eigenvalue weighted by Gasteiger charge is -2.00. The molecule has 0 saturated heterocycles. The number of hydrogen-bond donors (Lipinski definition) is 2. The van der Waals surface area contributed by atoms with E-state index in [1.165, 1.54) is 12.1 Å². The van der Waals surface area contributed by atoms with Gasteiger partial charge in [0.15, 0.2) is 0 Å². The Hall–Kier alpha value is -0.820. The van der Waals surface area contributed by atoms with E-state index in [0.29, 0.717) is 16.9 Å². The van der Waals surface area contributed by atoms with E-state index in [1.54, 1.807) is 6.92 Å². The fraction of sp³-hybridized carbons (Fsp3) is 0.125. The van der Waals surface area contributed by atoms with E-state index in [4.69, 9.17) is 16.7 Å². The molecule has 0 atom stereocenters. The van der Waals surface area contributed by atoms with Crippen molar-refractivity contribution in [2.24, 2.45) is 5.14 Å². The first-order chi connectivity index (χ1) is 6.88. The summed E-state index contributed by atoms with van der Waals surface area (Å²) in [5, 5.41) is 5.09. The maximum absolute atomic E-state index is 11.2. The van der Waals surface area contributed by atoms with Crippen LogP contribution in [0.2, 0.25) is 5.02 Å². The van der Waals surface area contributed by atoms with E-state index >= 15 is 0 Å². The summed E-state index contributed by atoms with van der Waals surface area (Å²) in [6.45, 7) is 1.77. The van der Waals surface area contributed by atoms with Gasteiger partial charge in [-0.05, 0) is 19.1 Å². The van der Waals surface area contributed by atoms with Crippen LogP contribution in [-0.2, 0) is 10.0 Å². The number of fused-ring (bicyclic) bond motifs is 1. The number of aryl methyl sites for hydroxylation is 1. The Kier molecular flexibility index (Phi) is 3.49. The zero-order valence-electron chi connectivity index (χ0n) is 8.19. The maximum Gasteiger partial charge on any atom is 0.239 e. The second-order valence-corrected chi connectivity index (χ2v) is 5.10. The lowest BCUT2D eigenvalue weighted by molar-refractivity contribution is 0.598. The summed E-state index contributed by atoms with van der Waals surface area (Å²) in [6.07, 6.45) is 0. The molecule has 0 aliphatic heterocycles. The lowest BCUT2D eigenvalue weighted by atomic mass is 10.3. The number of imidazole rings is 1. The van der Waals surface area contributed by atoms with Crippen molar-refractivity contribution in [1.29, 1.82) is 0 Å². The first-order valence-corrected chi connectivity index (χ1v) is 5.99. The quantitative estimate of drug-likeness (QED) is 0.832. The third-order valence-corrected chi connectivity index (χ3v) is 3.34. The van der Waals surface area contributed by atoms with Crippen LogP contribution in [0.15, 0.2) is 17.0 Å².